The van der Waals surface area contributed by atoms with Crippen LogP contribution in [0.3, 0.4) is 0 Å². The van der Waals surface area contributed by atoms with Crippen molar-refractivity contribution in [2.75, 3.05) is 0 Å². The van der Waals surface area contributed by atoms with Crippen LogP contribution < -0.4 is 0 Å². The van der Waals surface area contributed by atoms with Gasteiger partial charge in [-0.3, -0.25) is 0 Å². The Morgan fingerprint density at radius 3 is 1.00 bits per heavy atom. The summed E-state index contributed by atoms with van der Waals surface area (Å²) in [5.74, 6) is -0.209. The number of rotatable bonds is 0. The third-order valence-electron chi connectivity index (χ3n) is 0.787. The van der Waals surface area contributed by atoms with Gasteiger partial charge in [0.25, 0.3) is 0 Å². The third-order valence-corrected chi connectivity index (χ3v) is 1.28. The summed E-state index contributed by atoms with van der Waals surface area (Å²) in [6, 6.07) is 6.26. The summed E-state index contributed by atoms with van der Waals surface area (Å²) >= 11 is 3.12. The monoisotopic (exact) mass is 475 g/mol. The second kappa shape index (κ2) is 14.8. The van der Waals surface area contributed by atoms with Crippen molar-refractivity contribution < 1.29 is 56.2 Å². The van der Waals surface area contributed by atoms with Crippen molar-refractivity contribution >= 4 is 89.1 Å². The molecular weight excluding hydrogens is 470 g/mol. The molecule has 24 heavy (non-hydrogen) atoms. The van der Waals surface area contributed by atoms with E-state index in [0.29, 0.717) is 0 Å². The summed E-state index contributed by atoms with van der Waals surface area (Å²) in [6.07, 6.45) is 0. The van der Waals surface area contributed by atoms with Gasteiger partial charge in [0.2, 0.25) is 0 Å². The van der Waals surface area contributed by atoms with Crippen molar-refractivity contribution in [3.05, 3.63) is 34.6 Å². The molecule has 1 rings (SSSR count). The molecule has 0 saturated heterocycles. The Morgan fingerprint density at radius 2 is 0.875 bits per heavy atom. The molecule has 0 saturated carbocycles. The summed E-state index contributed by atoms with van der Waals surface area (Å²) in [7, 11) is -18.0. The fourth-order valence-corrected chi connectivity index (χ4v) is 0.831. The summed E-state index contributed by atoms with van der Waals surface area (Å²) in [6.45, 7) is 0. The molecule has 0 nitrogen and oxygen atoms in total. The quantitative estimate of drug-likeness (QED) is 0.327. The van der Waals surface area contributed by atoms with Gasteiger partial charge in [-0.2, -0.15) is 0 Å². The van der Waals surface area contributed by atoms with Crippen LogP contribution in [-0.4, -0.2) is 73.1 Å². The first-order valence-electron chi connectivity index (χ1n) is 4.82. The van der Waals surface area contributed by atoms with Crippen molar-refractivity contribution in [2.24, 2.45) is 0 Å². The van der Waals surface area contributed by atoms with Gasteiger partial charge in [0.1, 0.15) is 5.82 Å². The van der Waals surface area contributed by atoms with Gasteiger partial charge >= 0.3 is 73.1 Å². The standard InChI is InChI=1S/C6H4BrF.3BF4.K.H/c7-5-2-1-3-6(8)4-5;3*2-1(3,4)5;;/h1-4H;;;;;/q;3*-1;;. The van der Waals surface area contributed by atoms with Crippen LogP contribution in [0.5, 0.6) is 0 Å². The normalized spacial score (nSPS) is 10.6. The van der Waals surface area contributed by atoms with Crippen molar-refractivity contribution in [2.45, 2.75) is 0 Å². The average Bonchev–Trinajstić information content (AvgIpc) is 2.07. The van der Waals surface area contributed by atoms with Crippen LogP contribution in [0.25, 0.3) is 0 Å². The number of hydrogen-bond acceptors (Lipinski definition) is 0. The maximum atomic E-state index is 12.1. The summed E-state index contributed by atoms with van der Waals surface area (Å²) < 4.78 is 130. The number of halogens is 14. The molecule has 0 heterocycles. The zero-order chi connectivity index (χ0) is 19.5. The molecule has 0 atom stereocenters. The molecule has 0 radical (unpaired) electrons. The molecule has 0 fully saturated rings. The van der Waals surface area contributed by atoms with Crippen LogP contribution in [-0.2, 0) is 0 Å². The third kappa shape index (κ3) is 93.7. The topological polar surface area (TPSA) is 0 Å². The van der Waals surface area contributed by atoms with Crippen molar-refractivity contribution in [1.82, 2.24) is 0 Å². The van der Waals surface area contributed by atoms with E-state index in [1.807, 2.05) is 0 Å². The first-order valence-corrected chi connectivity index (χ1v) is 5.61. The van der Waals surface area contributed by atoms with Crippen LogP contribution in [0.1, 0.15) is 0 Å². The number of benzene rings is 1. The van der Waals surface area contributed by atoms with Gasteiger partial charge in [-0.05, 0) is 18.2 Å². The molecule has 0 aromatic heterocycles. The zero-order valence-electron chi connectivity index (χ0n) is 10.3. The molecule has 0 amide bonds. The van der Waals surface area contributed by atoms with E-state index < -0.39 is 21.8 Å². The Labute approximate surface area is 178 Å². The first-order chi connectivity index (χ1) is 9.79. The molecule has 1 aromatic carbocycles. The van der Waals surface area contributed by atoms with Crippen LogP contribution in [0.2, 0.25) is 0 Å². The van der Waals surface area contributed by atoms with Gasteiger partial charge in [0.05, 0.1) is 0 Å². The molecule has 1 aromatic rings. The van der Waals surface area contributed by atoms with E-state index in [-0.39, 0.29) is 57.2 Å². The van der Waals surface area contributed by atoms with Crippen LogP contribution in [0, 0.1) is 5.82 Å². The van der Waals surface area contributed by atoms with E-state index in [9.17, 15) is 56.2 Å². The SMILES string of the molecule is F[B-](F)(F)F.F[B-](F)(F)F.F[B-](F)(F)F.Fc1cccc(Br)c1.[KH]. The van der Waals surface area contributed by atoms with E-state index in [1.54, 1.807) is 12.1 Å². The summed E-state index contributed by atoms with van der Waals surface area (Å²) in [5.41, 5.74) is 0. The van der Waals surface area contributed by atoms with Crippen LogP contribution in [0.4, 0.5) is 56.2 Å². The van der Waals surface area contributed by atoms with Crippen LogP contribution >= 0.6 is 15.9 Å². The van der Waals surface area contributed by atoms with Gasteiger partial charge in [0.15, 0.2) is 0 Å². The fraction of sp³-hybridized carbons (Fsp3) is 0. The van der Waals surface area contributed by atoms with E-state index in [0.717, 1.165) is 4.47 Å². The second-order valence-corrected chi connectivity index (χ2v) is 3.84. The minimum absolute atomic E-state index is 0. The van der Waals surface area contributed by atoms with E-state index in [4.69, 9.17) is 0 Å². The van der Waals surface area contributed by atoms with Gasteiger partial charge in [-0.1, -0.05) is 22.0 Å². The predicted molar refractivity (Wildman–Crippen MR) is 71.8 cm³/mol. The van der Waals surface area contributed by atoms with Gasteiger partial charge < -0.3 is 51.8 Å². The molecule has 0 aliphatic heterocycles. The van der Waals surface area contributed by atoms with Gasteiger partial charge in [-0.15, -0.1) is 0 Å². The average molecular weight is 476 g/mol. The molecule has 0 bridgehead atoms. The number of hydrogen-bond donors (Lipinski definition) is 0. The Morgan fingerprint density at radius 1 is 0.625 bits per heavy atom. The van der Waals surface area contributed by atoms with Crippen molar-refractivity contribution in [1.29, 1.82) is 0 Å². The van der Waals surface area contributed by atoms with E-state index in [2.05, 4.69) is 15.9 Å². The summed E-state index contributed by atoms with van der Waals surface area (Å²) in [5, 5.41) is 0. The molecule has 0 unspecified atom stereocenters. The Hall–Kier alpha value is 0.621. The van der Waals surface area contributed by atoms with E-state index in [1.165, 1.54) is 12.1 Å². The van der Waals surface area contributed by atoms with Gasteiger partial charge in [-0.25, -0.2) is 4.39 Å². The van der Waals surface area contributed by atoms with E-state index >= 15 is 0 Å². The van der Waals surface area contributed by atoms with Crippen molar-refractivity contribution in [3.8, 4) is 0 Å². The molecule has 18 heteroatoms. The molecule has 0 aliphatic carbocycles. The Kier molecular flexibility index (Phi) is 19.9. The first kappa shape index (κ1) is 32.3. The molecule has 140 valence electrons. The summed E-state index contributed by atoms with van der Waals surface area (Å²) in [4.78, 5) is 0. The molecule has 0 aliphatic rings. The molecule has 0 spiro atoms. The fourth-order valence-electron chi connectivity index (χ4n) is 0.460. The zero-order valence-corrected chi connectivity index (χ0v) is 11.9. The Balaban J connectivity index is -0.000000113. The molecular formula is C6H5B3BrF13K-3. The second-order valence-electron chi connectivity index (χ2n) is 2.92. The predicted octanol–water partition coefficient (Wildman–Crippen LogP) is 5.84. The molecule has 0 N–H and O–H groups in total. The van der Waals surface area contributed by atoms with Crippen LogP contribution in [0.15, 0.2) is 28.7 Å². The Bertz CT molecular complexity index is 356. The van der Waals surface area contributed by atoms with Gasteiger partial charge in [0, 0.05) is 4.47 Å². The van der Waals surface area contributed by atoms with Crippen molar-refractivity contribution in [3.63, 3.8) is 0 Å². The minimum atomic E-state index is -6.00. The maximum absolute atomic E-state index is 12.1.